The highest BCUT2D eigenvalue weighted by Gasteiger charge is 2.11. The molecule has 1 aromatic carbocycles. The van der Waals surface area contributed by atoms with E-state index in [0.29, 0.717) is 29.4 Å². The molecule has 0 spiro atoms. The molecule has 0 aliphatic carbocycles. The number of halogens is 1. The summed E-state index contributed by atoms with van der Waals surface area (Å²) in [5.41, 5.74) is 2.11. The summed E-state index contributed by atoms with van der Waals surface area (Å²) >= 11 is 5.97. The standard InChI is InChI=1S/C18H23ClN2O2/c1-3-4-9-23-10-5-8-20-18(22)16-11-14-6-7-15(19)12-17(14)21-13(16)2/h6-7,11-12H,3-5,8-10H2,1-2H3,(H,20,22). The summed E-state index contributed by atoms with van der Waals surface area (Å²) in [5, 5.41) is 4.48. The first-order valence-electron chi connectivity index (χ1n) is 8.04. The van der Waals surface area contributed by atoms with Crippen molar-refractivity contribution in [2.24, 2.45) is 0 Å². The van der Waals surface area contributed by atoms with Crippen molar-refractivity contribution >= 4 is 28.4 Å². The number of nitrogens with zero attached hydrogens (tertiary/aromatic N) is 1. The highest BCUT2D eigenvalue weighted by atomic mass is 35.5. The van der Waals surface area contributed by atoms with Crippen LogP contribution in [0.15, 0.2) is 24.3 Å². The van der Waals surface area contributed by atoms with Crippen LogP contribution in [0.5, 0.6) is 0 Å². The summed E-state index contributed by atoms with van der Waals surface area (Å²) in [6.07, 6.45) is 3.03. The lowest BCUT2D eigenvalue weighted by atomic mass is 10.1. The van der Waals surface area contributed by atoms with E-state index >= 15 is 0 Å². The zero-order valence-corrected chi connectivity index (χ0v) is 14.4. The van der Waals surface area contributed by atoms with Gasteiger partial charge in [0.15, 0.2) is 0 Å². The lowest BCUT2D eigenvalue weighted by Gasteiger charge is -2.09. The quantitative estimate of drug-likeness (QED) is 0.738. The third kappa shape index (κ3) is 5.19. The minimum Gasteiger partial charge on any atom is -0.381 e. The molecule has 4 nitrogen and oxygen atoms in total. The number of amides is 1. The Morgan fingerprint density at radius 3 is 2.83 bits per heavy atom. The van der Waals surface area contributed by atoms with Gasteiger partial charge in [-0.1, -0.05) is 31.0 Å². The number of pyridine rings is 1. The average Bonchev–Trinajstić information content (AvgIpc) is 2.53. The number of hydrogen-bond acceptors (Lipinski definition) is 3. The summed E-state index contributed by atoms with van der Waals surface area (Å²) in [6.45, 7) is 6.04. The average molecular weight is 335 g/mol. The van der Waals surface area contributed by atoms with Crippen molar-refractivity contribution in [3.8, 4) is 0 Å². The Morgan fingerprint density at radius 2 is 2.04 bits per heavy atom. The number of benzene rings is 1. The molecule has 2 rings (SSSR count). The Bertz CT molecular complexity index is 673. The summed E-state index contributed by atoms with van der Waals surface area (Å²) in [7, 11) is 0. The van der Waals surface area contributed by atoms with Crippen molar-refractivity contribution in [1.82, 2.24) is 10.3 Å². The minimum absolute atomic E-state index is 0.0968. The lowest BCUT2D eigenvalue weighted by molar-refractivity contribution is 0.0939. The molecule has 124 valence electrons. The largest absolute Gasteiger partial charge is 0.381 e. The molecule has 0 aliphatic heterocycles. The zero-order chi connectivity index (χ0) is 16.7. The number of carbonyl (C=O) groups is 1. The van der Waals surface area contributed by atoms with Crippen LogP contribution in [0.3, 0.4) is 0 Å². The van der Waals surface area contributed by atoms with Crippen LogP contribution in [0.4, 0.5) is 0 Å². The van der Waals surface area contributed by atoms with E-state index in [1.807, 2.05) is 19.1 Å². The molecule has 0 radical (unpaired) electrons. The number of ether oxygens (including phenoxy) is 1. The third-order valence-electron chi connectivity index (χ3n) is 3.61. The summed E-state index contributed by atoms with van der Waals surface area (Å²) in [4.78, 5) is 16.8. The number of rotatable bonds is 8. The maximum Gasteiger partial charge on any atom is 0.253 e. The minimum atomic E-state index is -0.0968. The van der Waals surface area contributed by atoms with E-state index in [-0.39, 0.29) is 5.91 Å². The molecule has 1 N–H and O–H groups in total. The van der Waals surface area contributed by atoms with Gasteiger partial charge in [0, 0.05) is 30.2 Å². The number of unbranched alkanes of at least 4 members (excludes halogenated alkanes) is 1. The van der Waals surface area contributed by atoms with Gasteiger partial charge in [0.1, 0.15) is 0 Å². The van der Waals surface area contributed by atoms with Gasteiger partial charge in [-0.3, -0.25) is 9.78 Å². The molecule has 0 saturated heterocycles. The van der Waals surface area contributed by atoms with Gasteiger partial charge in [0.2, 0.25) is 0 Å². The second-order valence-electron chi connectivity index (χ2n) is 5.53. The molecule has 0 unspecified atom stereocenters. The Balaban J connectivity index is 1.90. The van der Waals surface area contributed by atoms with Crippen LogP contribution in [0.25, 0.3) is 10.9 Å². The van der Waals surface area contributed by atoms with Crippen LogP contribution in [0.2, 0.25) is 5.02 Å². The van der Waals surface area contributed by atoms with Gasteiger partial charge in [-0.05, 0) is 38.0 Å². The number of carbonyl (C=O) groups excluding carboxylic acids is 1. The Kier molecular flexibility index (Phi) is 6.81. The summed E-state index contributed by atoms with van der Waals surface area (Å²) in [6, 6.07) is 7.35. The van der Waals surface area contributed by atoms with Gasteiger partial charge in [-0.25, -0.2) is 0 Å². The topological polar surface area (TPSA) is 51.2 Å². The highest BCUT2D eigenvalue weighted by Crippen LogP contribution is 2.20. The van der Waals surface area contributed by atoms with E-state index in [1.54, 1.807) is 12.1 Å². The Morgan fingerprint density at radius 1 is 1.26 bits per heavy atom. The number of aryl methyl sites for hydroxylation is 1. The molecular weight excluding hydrogens is 312 g/mol. The lowest BCUT2D eigenvalue weighted by Crippen LogP contribution is -2.26. The third-order valence-corrected chi connectivity index (χ3v) is 3.84. The summed E-state index contributed by atoms with van der Waals surface area (Å²) < 4.78 is 5.48. The SMILES string of the molecule is CCCCOCCCNC(=O)c1cc2ccc(Cl)cc2nc1C. The molecular formula is C18H23ClN2O2. The van der Waals surface area contributed by atoms with Crippen LogP contribution >= 0.6 is 11.6 Å². The molecule has 0 fully saturated rings. The van der Waals surface area contributed by atoms with Crippen molar-refractivity contribution in [1.29, 1.82) is 0 Å². The Labute approximate surface area is 142 Å². The van der Waals surface area contributed by atoms with Gasteiger partial charge in [-0.15, -0.1) is 0 Å². The molecule has 5 heteroatoms. The maximum atomic E-state index is 12.3. The molecule has 0 aliphatic rings. The molecule has 2 aromatic rings. The first-order chi connectivity index (χ1) is 11.1. The van der Waals surface area contributed by atoms with Gasteiger partial charge in [0.25, 0.3) is 5.91 Å². The fourth-order valence-corrected chi connectivity index (χ4v) is 2.45. The normalized spacial score (nSPS) is 10.9. The zero-order valence-electron chi connectivity index (χ0n) is 13.7. The molecule has 23 heavy (non-hydrogen) atoms. The number of aromatic nitrogens is 1. The van der Waals surface area contributed by atoms with E-state index in [9.17, 15) is 4.79 Å². The van der Waals surface area contributed by atoms with Crippen LogP contribution in [-0.4, -0.2) is 30.6 Å². The van der Waals surface area contributed by atoms with Crippen LogP contribution in [0, 0.1) is 6.92 Å². The number of hydrogen-bond donors (Lipinski definition) is 1. The van der Waals surface area contributed by atoms with Crippen molar-refractivity contribution in [3.05, 3.63) is 40.5 Å². The second kappa shape index (κ2) is 8.85. The van der Waals surface area contributed by atoms with E-state index in [1.165, 1.54) is 0 Å². The fourth-order valence-electron chi connectivity index (χ4n) is 2.29. The predicted octanol–water partition coefficient (Wildman–Crippen LogP) is 4.13. The molecule has 0 bridgehead atoms. The maximum absolute atomic E-state index is 12.3. The van der Waals surface area contributed by atoms with Crippen molar-refractivity contribution < 1.29 is 9.53 Å². The first kappa shape index (κ1) is 17.7. The number of fused-ring (bicyclic) bond motifs is 1. The molecule has 1 heterocycles. The van der Waals surface area contributed by atoms with Gasteiger partial charge in [0.05, 0.1) is 16.8 Å². The second-order valence-corrected chi connectivity index (χ2v) is 5.97. The van der Waals surface area contributed by atoms with Crippen molar-refractivity contribution in [2.45, 2.75) is 33.1 Å². The molecule has 1 amide bonds. The smallest absolute Gasteiger partial charge is 0.253 e. The summed E-state index contributed by atoms with van der Waals surface area (Å²) in [5.74, 6) is -0.0968. The molecule has 0 saturated carbocycles. The van der Waals surface area contributed by atoms with Gasteiger partial charge in [-0.2, -0.15) is 0 Å². The first-order valence-corrected chi connectivity index (χ1v) is 8.42. The van der Waals surface area contributed by atoms with E-state index in [4.69, 9.17) is 16.3 Å². The van der Waals surface area contributed by atoms with E-state index < -0.39 is 0 Å². The highest BCUT2D eigenvalue weighted by molar-refractivity contribution is 6.31. The van der Waals surface area contributed by atoms with Crippen LogP contribution in [-0.2, 0) is 4.74 Å². The predicted molar refractivity (Wildman–Crippen MR) is 94.2 cm³/mol. The monoisotopic (exact) mass is 334 g/mol. The van der Waals surface area contributed by atoms with Crippen LogP contribution in [0.1, 0.15) is 42.2 Å². The Hall–Kier alpha value is -1.65. The number of nitrogens with one attached hydrogen (secondary N) is 1. The van der Waals surface area contributed by atoms with Crippen LogP contribution < -0.4 is 5.32 Å². The van der Waals surface area contributed by atoms with E-state index in [2.05, 4.69) is 17.2 Å². The van der Waals surface area contributed by atoms with E-state index in [0.717, 1.165) is 36.8 Å². The fraction of sp³-hybridized carbons (Fsp3) is 0.444. The van der Waals surface area contributed by atoms with Gasteiger partial charge >= 0.3 is 0 Å². The molecule has 1 aromatic heterocycles. The van der Waals surface area contributed by atoms with Crippen molar-refractivity contribution in [2.75, 3.05) is 19.8 Å². The van der Waals surface area contributed by atoms with Crippen molar-refractivity contribution in [3.63, 3.8) is 0 Å². The molecule has 0 atom stereocenters. The van der Waals surface area contributed by atoms with Gasteiger partial charge < -0.3 is 10.1 Å².